The van der Waals surface area contributed by atoms with Gasteiger partial charge in [-0.15, -0.1) is 0 Å². The molecule has 0 fully saturated rings. The highest BCUT2D eigenvalue weighted by molar-refractivity contribution is 7.89. The summed E-state index contributed by atoms with van der Waals surface area (Å²) in [5.41, 5.74) is 3.52. The van der Waals surface area contributed by atoms with Gasteiger partial charge in [0.2, 0.25) is 15.9 Å². The van der Waals surface area contributed by atoms with Crippen LogP contribution in [0.3, 0.4) is 0 Å². The van der Waals surface area contributed by atoms with Crippen molar-refractivity contribution in [1.29, 1.82) is 0 Å². The summed E-state index contributed by atoms with van der Waals surface area (Å²) < 4.78 is 22.4. The molecule has 0 aliphatic heterocycles. The van der Waals surface area contributed by atoms with Crippen LogP contribution in [0.1, 0.15) is 36.0 Å². The van der Waals surface area contributed by atoms with E-state index in [1.165, 1.54) is 23.3 Å². The van der Waals surface area contributed by atoms with E-state index >= 15 is 0 Å². The van der Waals surface area contributed by atoms with Gasteiger partial charge < -0.3 is 5.32 Å². The summed E-state index contributed by atoms with van der Waals surface area (Å²) in [6.45, 7) is 2.61. The second-order valence-corrected chi connectivity index (χ2v) is 8.04. The van der Waals surface area contributed by atoms with Crippen molar-refractivity contribution >= 4 is 15.9 Å². The number of nitrogens with one attached hydrogen (secondary N) is 1. The zero-order valence-electron chi connectivity index (χ0n) is 15.1. The van der Waals surface area contributed by atoms with Crippen LogP contribution in [0.5, 0.6) is 0 Å². The molecule has 0 aliphatic carbocycles. The maximum Gasteiger partial charge on any atom is 0.238 e. The Balaban J connectivity index is 1.62. The van der Waals surface area contributed by atoms with Crippen LogP contribution in [0.25, 0.3) is 0 Å². The van der Waals surface area contributed by atoms with E-state index in [4.69, 9.17) is 5.14 Å². The standard InChI is InChI=1S/C20H26N2O3S/c1-16-6-8-17(9-7-16)4-2-3-5-20(23)22-15-14-18-10-12-19(13-11-18)26(21,24)25/h6-13H,2-5,14-15H2,1H3,(H,22,23)(H2,21,24,25). The van der Waals surface area contributed by atoms with Crippen molar-refractivity contribution in [2.45, 2.75) is 43.9 Å². The molecule has 2 aromatic carbocycles. The highest BCUT2D eigenvalue weighted by Gasteiger charge is 2.07. The maximum absolute atomic E-state index is 11.9. The van der Waals surface area contributed by atoms with Crippen molar-refractivity contribution in [3.8, 4) is 0 Å². The molecule has 5 nitrogen and oxygen atoms in total. The lowest BCUT2D eigenvalue weighted by atomic mass is 10.1. The fourth-order valence-corrected chi connectivity index (χ4v) is 3.17. The Bertz CT molecular complexity index is 813. The number of amides is 1. The summed E-state index contributed by atoms with van der Waals surface area (Å²) in [5.74, 6) is 0.0510. The third kappa shape index (κ3) is 6.98. The van der Waals surface area contributed by atoms with E-state index in [1.54, 1.807) is 12.1 Å². The topological polar surface area (TPSA) is 89.3 Å². The first-order valence-corrected chi connectivity index (χ1v) is 10.3. The fraction of sp³-hybridized carbons (Fsp3) is 0.350. The molecule has 6 heteroatoms. The van der Waals surface area contributed by atoms with Crippen molar-refractivity contribution in [1.82, 2.24) is 5.32 Å². The minimum Gasteiger partial charge on any atom is -0.356 e. The quantitative estimate of drug-likeness (QED) is 0.661. The molecule has 0 saturated carbocycles. The fourth-order valence-electron chi connectivity index (χ4n) is 2.65. The van der Waals surface area contributed by atoms with Crippen LogP contribution in [0.15, 0.2) is 53.4 Å². The molecule has 0 saturated heterocycles. The number of unbranched alkanes of at least 4 members (excludes halogenated alkanes) is 1. The molecule has 0 atom stereocenters. The Hall–Kier alpha value is -2.18. The average molecular weight is 375 g/mol. The van der Waals surface area contributed by atoms with Gasteiger partial charge in [-0.2, -0.15) is 0 Å². The molecule has 140 valence electrons. The van der Waals surface area contributed by atoms with Crippen molar-refractivity contribution < 1.29 is 13.2 Å². The molecule has 0 aliphatic rings. The van der Waals surface area contributed by atoms with Gasteiger partial charge in [0.25, 0.3) is 0 Å². The molecule has 3 N–H and O–H groups in total. The molecule has 0 heterocycles. The first-order valence-electron chi connectivity index (χ1n) is 8.78. The Kier molecular flexibility index (Phi) is 7.36. The molecular formula is C20H26N2O3S. The average Bonchev–Trinajstić information content (AvgIpc) is 2.60. The predicted octanol–water partition coefficient (Wildman–Crippen LogP) is 2.71. The number of carbonyl (C=O) groups is 1. The zero-order chi connectivity index (χ0) is 19.0. The van der Waals surface area contributed by atoms with Gasteiger partial charge in [0.1, 0.15) is 0 Å². The summed E-state index contributed by atoms with van der Waals surface area (Å²) in [4.78, 5) is 12.0. The molecule has 0 unspecified atom stereocenters. The van der Waals surface area contributed by atoms with Crippen LogP contribution in [0, 0.1) is 6.92 Å². The van der Waals surface area contributed by atoms with Gasteiger partial charge in [0.05, 0.1) is 4.90 Å². The molecule has 2 aromatic rings. The number of hydrogen-bond donors (Lipinski definition) is 2. The van der Waals surface area contributed by atoms with E-state index in [1.807, 2.05) is 0 Å². The van der Waals surface area contributed by atoms with Crippen LogP contribution >= 0.6 is 0 Å². The van der Waals surface area contributed by atoms with Gasteiger partial charge in [0, 0.05) is 13.0 Å². The normalized spacial score (nSPS) is 11.3. The van der Waals surface area contributed by atoms with Crippen LogP contribution in [0.4, 0.5) is 0 Å². The molecule has 0 bridgehead atoms. The van der Waals surface area contributed by atoms with Crippen LogP contribution in [-0.2, 0) is 27.7 Å². The van der Waals surface area contributed by atoms with Crippen LogP contribution < -0.4 is 10.5 Å². The van der Waals surface area contributed by atoms with E-state index in [-0.39, 0.29) is 10.8 Å². The number of nitrogens with two attached hydrogens (primary N) is 1. The van der Waals surface area contributed by atoms with Gasteiger partial charge in [-0.1, -0.05) is 42.0 Å². The number of aryl methyl sites for hydroxylation is 2. The lowest BCUT2D eigenvalue weighted by Gasteiger charge is -2.06. The van der Waals surface area contributed by atoms with Crippen molar-refractivity contribution in [2.75, 3.05) is 6.54 Å². The third-order valence-electron chi connectivity index (χ3n) is 4.23. The lowest BCUT2D eigenvalue weighted by Crippen LogP contribution is -2.25. The molecule has 0 spiro atoms. The monoisotopic (exact) mass is 374 g/mol. The number of hydrogen-bond acceptors (Lipinski definition) is 3. The molecular weight excluding hydrogens is 348 g/mol. The molecule has 0 aromatic heterocycles. The molecule has 2 rings (SSSR count). The summed E-state index contributed by atoms with van der Waals surface area (Å²) in [7, 11) is -3.66. The second-order valence-electron chi connectivity index (χ2n) is 6.48. The maximum atomic E-state index is 11.9. The Labute approximate surface area is 155 Å². The third-order valence-corrected chi connectivity index (χ3v) is 5.16. The second kappa shape index (κ2) is 9.50. The van der Waals surface area contributed by atoms with Gasteiger partial charge in [0.15, 0.2) is 0 Å². The zero-order valence-corrected chi connectivity index (χ0v) is 15.9. The number of carbonyl (C=O) groups excluding carboxylic acids is 1. The number of rotatable bonds is 9. The SMILES string of the molecule is Cc1ccc(CCCCC(=O)NCCc2ccc(S(N)(=O)=O)cc2)cc1. The number of benzene rings is 2. The van der Waals surface area contributed by atoms with E-state index in [2.05, 4.69) is 36.5 Å². The van der Waals surface area contributed by atoms with E-state index in [9.17, 15) is 13.2 Å². The van der Waals surface area contributed by atoms with Gasteiger partial charge >= 0.3 is 0 Å². The smallest absolute Gasteiger partial charge is 0.238 e. The van der Waals surface area contributed by atoms with Crippen molar-refractivity contribution in [2.24, 2.45) is 5.14 Å². The lowest BCUT2D eigenvalue weighted by molar-refractivity contribution is -0.121. The summed E-state index contributed by atoms with van der Waals surface area (Å²) in [6, 6.07) is 14.9. The number of sulfonamides is 1. The van der Waals surface area contributed by atoms with E-state index in [0.717, 1.165) is 24.8 Å². The van der Waals surface area contributed by atoms with Gasteiger partial charge in [-0.05, 0) is 55.9 Å². The van der Waals surface area contributed by atoms with E-state index in [0.29, 0.717) is 19.4 Å². The Morgan fingerprint density at radius 3 is 2.12 bits per heavy atom. The van der Waals surface area contributed by atoms with E-state index < -0.39 is 10.0 Å². The predicted molar refractivity (Wildman–Crippen MR) is 103 cm³/mol. The molecule has 1 amide bonds. The molecule has 0 radical (unpaired) electrons. The van der Waals surface area contributed by atoms with Crippen molar-refractivity contribution in [3.63, 3.8) is 0 Å². The minimum atomic E-state index is -3.66. The number of primary sulfonamides is 1. The van der Waals surface area contributed by atoms with Crippen LogP contribution in [-0.4, -0.2) is 20.9 Å². The summed E-state index contributed by atoms with van der Waals surface area (Å²) >= 11 is 0. The van der Waals surface area contributed by atoms with Gasteiger partial charge in [-0.3, -0.25) is 4.79 Å². The van der Waals surface area contributed by atoms with Gasteiger partial charge in [-0.25, -0.2) is 13.6 Å². The Morgan fingerprint density at radius 2 is 1.50 bits per heavy atom. The highest BCUT2D eigenvalue weighted by Crippen LogP contribution is 2.10. The summed E-state index contributed by atoms with van der Waals surface area (Å²) in [6.07, 6.45) is 4.02. The Morgan fingerprint density at radius 1 is 0.923 bits per heavy atom. The highest BCUT2D eigenvalue weighted by atomic mass is 32.2. The van der Waals surface area contributed by atoms with Crippen molar-refractivity contribution in [3.05, 3.63) is 65.2 Å². The molecule has 26 heavy (non-hydrogen) atoms. The first-order chi connectivity index (χ1) is 12.3. The first kappa shape index (κ1) is 20.1. The summed E-state index contributed by atoms with van der Waals surface area (Å²) in [5, 5.41) is 7.96. The van der Waals surface area contributed by atoms with Crippen LogP contribution in [0.2, 0.25) is 0 Å². The minimum absolute atomic E-state index is 0.0510. The largest absolute Gasteiger partial charge is 0.356 e.